The normalized spacial score (nSPS) is 12.0. The van der Waals surface area contributed by atoms with Crippen molar-refractivity contribution in [2.24, 2.45) is 0 Å². The summed E-state index contributed by atoms with van der Waals surface area (Å²) in [6.07, 6.45) is 18.9. The van der Waals surface area contributed by atoms with Crippen LogP contribution in [0.15, 0.2) is 121 Å². The van der Waals surface area contributed by atoms with E-state index in [0.717, 1.165) is 51.6 Å². The number of carbonyl (C=O) groups excluding carboxylic acids is 1. The molecule has 0 amide bonds. The Kier molecular flexibility index (Phi) is 19.1. The van der Waals surface area contributed by atoms with Gasteiger partial charge in [-0.2, -0.15) is 0 Å². The van der Waals surface area contributed by atoms with Gasteiger partial charge in [0.2, 0.25) is 0 Å². The molecule has 9 aromatic rings. The summed E-state index contributed by atoms with van der Waals surface area (Å²) < 4.78 is 11.4. The monoisotopic (exact) mass is 1080 g/mol. The molecule has 8 heterocycles. The van der Waals surface area contributed by atoms with Crippen molar-refractivity contribution in [1.29, 1.82) is 0 Å². The molecule has 2 N–H and O–H groups in total. The van der Waals surface area contributed by atoms with Crippen molar-refractivity contribution in [2.45, 2.75) is 156 Å². The quantitative estimate of drug-likeness (QED) is 0.0827. The number of nitrogens with one attached hydrogen (secondary N) is 2. The molecule has 13 heteroatoms. The minimum Gasteiger partial charge on any atom is -0.497 e. The van der Waals surface area contributed by atoms with E-state index in [1.165, 1.54) is 32.9 Å². The van der Waals surface area contributed by atoms with Gasteiger partial charge in [-0.15, -0.1) is 0 Å². The number of pyridine rings is 4. The molecule has 0 fully saturated rings. The van der Waals surface area contributed by atoms with Crippen molar-refractivity contribution in [3.8, 4) is 5.75 Å². The smallest absolute Gasteiger partial charge is 0.195 e. The number of rotatable bonds is 14. The van der Waals surface area contributed by atoms with Crippen LogP contribution < -0.4 is 4.74 Å². The number of H-pyrrole nitrogens is 2. The summed E-state index contributed by atoms with van der Waals surface area (Å²) in [6.45, 7) is 35.1. The maximum Gasteiger partial charge on any atom is 0.195 e. The van der Waals surface area contributed by atoms with E-state index in [1.807, 2.05) is 49.1 Å². The lowest BCUT2D eigenvalue weighted by atomic mass is 10.0. The highest BCUT2D eigenvalue weighted by Gasteiger charge is 2.47. The summed E-state index contributed by atoms with van der Waals surface area (Å²) in [6, 6.07) is 22.3. The predicted octanol–water partition coefficient (Wildman–Crippen LogP) is 16.9. The molecular weight excluding hydrogens is 1000 g/mol. The van der Waals surface area contributed by atoms with Gasteiger partial charge in [0.15, 0.2) is 22.3 Å². The number of carbonyl (C=O) groups is 1. The summed E-state index contributed by atoms with van der Waals surface area (Å²) in [5, 5.41) is 4.60. The van der Waals surface area contributed by atoms with Crippen LogP contribution in [-0.2, 0) is 19.3 Å². The zero-order valence-corrected chi connectivity index (χ0v) is 50.0. The van der Waals surface area contributed by atoms with Crippen molar-refractivity contribution in [3.05, 3.63) is 149 Å². The molecule has 0 aliphatic carbocycles. The van der Waals surface area contributed by atoms with Gasteiger partial charge in [-0.05, 0) is 152 Å². The molecule has 0 aliphatic rings. The van der Waals surface area contributed by atoms with Crippen molar-refractivity contribution in [3.63, 3.8) is 0 Å². The SMILES string of the molecule is CC(C)[Si](C(C)C)(C(C)C)n1ccc2cc(Br)cnc21.CCc1cnc2[nH]cc(C(=O)c3cccc(OC)c3)c2c1.CCc1cnc2[nH]ccc2c1.CCc1cnc2c(ccn2[Si](C(C)C)(C(C)C)C(C)C)c1. The van der Waals surface area contributed by atoms with Crippen molar-refractivity contribution in [2.75, 3.05) is 7.11 Å². The van der Waals surface area contributed by atoms with E-state index in [-0.39, 0.29) is 5.78 Å². The third kappa shape index (κ3) is 11.7. The Bertz CT molecular complexity index is 3190. The lowest BCUT2D eigenvalue weighted by Gasteiger charge is -2.44. The van der Waals surface area contributed by atoms with Gasteiger partial charge >= 0.3 is 0 Å². The van der Waals surface area contributed by atoms with E-state index in [1.54, 1.807) is 25.4 Å². The van der Waals surface area contributed by atoms with Crippen LogP contribution in [0.1, 0.15) is 136 Å². The van der Waals surface area contributed by atoms with Gasteiger partial charge in [-0.25, -0.2) is 19.9 Å². The Hall–Kier alpha value is -5.64. The Labute approximate surface area is 445 Å². The number of ketones is 1. The van der Waals surface area contributed by atoms with Crippen LogP contribution in [0.4, 0.5) is 0 Å². The van der Waals surface area contributed by atoms with Gasteiger partial charge in [-0.1, -0.05) is 116 Å². The first-order valence-electron chi connectivity index (χ1n) is 26.5. The third-order valence-electron chi connectivity index (χ3n) is 15.3. The minimum atomic E-state index is -1.69. The largest absolute Gasteiger partial charge is 0.497 e. The maximum atomic E-state index is 12.7. The van der Waals surface area contributed by atoms with Crippen molar-refractivity contribution < 1.29 is 9.53 Å². The number of aromatic nitrogens is 8. The van der Waals surface area contributed by atoms with Crippen LogP contribution in [0.5, 0.6) is 5.75 Å². The van der Waals surface area contributed by atoms with Gasteiger partial charge in [0.25, 0.3) is 0 Å². The average Bonchev–Trinajstić information content (AvgIpc) is 4.20. The number of hydrogen-bond acceptors (Lipinski definition) is 6. The van der Waals surface area contributed by atoms with E-state index in [4.69, 9.17) is 14.7 Å². The second-order valence-corrected chi connectivity index (χ2v) is 33.6. The Morgan fingerprint density at radius 3 is 1.58 bits per heavy atom. The number of aromatic amines is 2. The molecule has 0 spiro atoms. The standard InChI is InChI=1S/C18H30N2Si.C17H16N2O2.C16H25BrN2Si.C9H10N2/c1-8-16-11-17-9-10-20(18(17)19-12-16)21(13(2)3,14(4)5)15(6)7;1-3-11-7-14-15(10-19-17(14)18-9-11)16(20)12-5-4-6-13(8-12)21-2;1-11(2)20(12(3)4,13(5)6)19-8-7-14-9-15(17)10-18-16(14)19;1-2-7-5-8-3-4-10-9(8)11-6-7/h9-15H,8H2,1-7H3;4-10H,3H2,1-2H3,(H,18,19);7-13H,1-6H3;3-6H,2H2,1H3,(H,10,11). The first kappa shape index (κ1) is 56.7. The molecule has 0 aliphatic heterocycles. The van der Waals surface area contributed by atoms with E-state index in [0.29, 0.717) is 50.1 Å². The van der Waals surface area contributed by atoms with Crippen LogP contribution in [-0.4, -0.2) is 67.7 Å². The fourth-order valence-corrected chi connectivity index (χ4v) is 25.5. The summed E-state index contributed by atoms with van der Waals surface area (Å²) >= 11 is 3.52. The first-order chi connectivity index (χ1) is 34.8. The molecule has 0 unspecified atom stereocenters. The molecule has 388 valence electrons. The number of halogens is 1. The number of methoxy groups -OCH3 is 1. The lowest BCUT2D eigenvalue weighted by molar-refractivity contribution is 0.104. The zero-order chi connectivity index (χ0) is 53.4. The number of ether oxygens (including phenoxy) is 1. The topological polar surface area (TPSA) is 119 Å². The first-order valence-corrected chi connectivity index (χ1v) is 31.6. The molecule has 10 nitrogen and oxygen atoms in total. The minimum absolute atomic E-state index is 0.0322. The molecular formula is C60H81BrN8O2Si2. The molecule has 0 saturated heterocycles. The highest BCUT2D eigenvalue weighted by atomic mass is 79.9. The van der Waals surface area contributed by atoms with Gasteiger partial charge in [0.05, 0.1) is 7.11 Å². The summed E-state index contributed by atoms with van der Waals surface area (Å²) in [7, 11) is -1.79. The van der Waals surface area contributed by atoms with Gasteiger partial charge in [0, 0.05) is 74.3 Å². The third-order valence-corrected chi connectivity index (χ3v) is 29.2. The fourth-order valence-electron chi connectivity index (χ4n) is 12.1. The number of aryl methyl sites for hydroxylation is 3. The van der Waals surface area contributed by atoms with Crippen LogP contribution in [0.2, 0.25) is 33.2 Å². The van der Waals surface area contributed by atoms with Crippen LogP contribution in [0, 0.1) is 0 Å². The van der Waals surface area contributed by atoms with Crippen LogP contribution >= 0.6 is 15.9 Å². The van der Waals surface area contributed by atoms with E-state index < -0.39 is 16.5 Å². The van der Waals surface area contributed by atoms with E-state index >= 15 is 0 Å². The van der Waals surface area contributed by atoms with Crippen molar-refractivity contribution >= 4 is 82.3 Å². The summed E-state index contributed by atoms with van der Waals surface area (Å²) in [4.78, 5) is 36.9. The second kappa shape index (κ2) is 24.6. The van der Waals surface area contributed by atoms with Gasteiger partial charge in [-0.3, -0.25) is 4.79 Å². The molecule has 9 rings (SSSR count). The number of hydrogen-bond donors (Lipinski definition) is 2. The number of nitrogens with zero attached hydrogens (tertiary/aromatic N) is 6. The molecule has 0 atom stereocenters. The Morgan fingerprint density at radius 1 is 0.575 bits per heavy atom. The molecule has 0 saturated carbocycles. The Morgan fingerprint density at radius 2 is 1.05 bits per heavy atom. The van der Waals surface area contributed by atoms with Gasteiger partial charge < -0.3 is 23.2 Å². The maximum absolute atomic E-state index is 12.7. The summed E-state index contributed by atoms with van der Waals surface area (Å²) in [5.41, 5.74) is 13.2. The Balaban J connectivity index is 0.000000162. The average molecular weight is 1080 g/mol. The molecule has 1 aromatic carbocycles. The molecule has 0 radical (unpaired) electrons. The molecule has 8 aromatic heterocycles. The fraction of sp³-hybridized carbons (Fsp3) is 0.417. The van der Waals surface area contributed by atoms with E-state index in [9.17, 15) is 4.79 Å². The second-order valence-electron chi connectivity index (χ2n) is 21.2. The predicted molar refractivity (Wildman–Crippen MR) is 317 cm³/mol. The highest BCUT2D eigenvalue weighted by Crippen LogP contribution is 2.45. The van der Waals surface area contributed by atoms with Gasteiger partial charge in [0.1, 0.15) is 28.3 Å². The van der Waals surface area contributed by atoms with Crippen LogP contribution in [0.3, 0.4) is 0 Å². The highest BCUT2D eigenvalue weighted by molar-refractivity contribution is 9.10. The number of benzene rings is 1. The summed E-state index contributed by atoms with van der Waals surface area (Å²) in [5.74, 6) is 0.642. The van der Waals surface area contributed by atoms with Crippen molar-refractivity contribution in [1.82, 2.24) is 38.4 Å². The number of fused-ring (bicyclic) bond motifs is 4. The molecule has 0 bridgehead atoms. The molecule has 73 heavy (non-hydrogen) atoms. The van der Waals surface area contributed by atoms with E-state index in [2.05, 4.69) is 197 Å². The zero-order valence-electron chi connectivity index (χ0n) is 46.4. The lowest BCUT2D eigenvalue weighted by Crippen LogP contribution is -2.51. The van der Waals surface area contributed by atoms with Crippen LogP contribution in [0.25, 0.3) is 44.1 Å².